The molecule has 68 heavy (non-hydrogen) atoms. The quantitative estimate of drug-likeness (QED) is 0.149. The van der Waals surface area contributed by atoms with Crippen LogP contribution in [-0.4, -0.2) is 0 Å². The number of nitrogens with one attached hydrogen (secondary N) is 3. The number of para-hydroxylation sites is 3. The number of benzene rings is 10. The summed E-state index contributed by atoms with van der Waals surface area (Å²) in [7, 11) is 0. The van der Waals surface area contributed by atoms with Gasteiger partial charge in [0.2, 0.25) is 0 Å². The van der Waals surface area contributed by atoms with E-state index in [1.54, 1.807) is 0 Å². The molecule has 13 rings (SSSR count). The molecule has 3 N–H and O–H groups in total. The normalized spacial score (nSPS) is 17.5. The molecule has 0 saturated carbocycles. The van der Waals surface area contributed by atoms with E-state index in [0.717, 1.165) is 5.69 Å². The van der Waals surface area contributed by atoms with Crippen LogP contribution in [0.5, 0.6) is 0 Å². The highest BCUT2D eigenvalue weighted by Crippen LogP contribution is 2.63. The van der Waals surface area contributed by atoms with Gasteiger partial charge in [0.1, 0.15) is 0 Å². The van der Waals surface area contributed by atoms with Gasteiger partial charge in [0.15, 0.2) is 0 Å². The van der Waals surface area contributed by atoms with Gasteiger partial charge < -0.3 is 4.90 Å². The average Bonchev–Trinajstić information content (AvgIpc) is 3.71. The van der Waals surface area contributed by atoms with Crippen LogP contribution in [0.15, 0.2) is 255 Å². The lowest BCUT2D eigenvalue weighted by molar-refractivity contribution is 0.203. The molecule has 0 amide bonds. The van der Waals surface area contributed by atoms with E-state index < -0.39 is 5.41 Å². The second kappa shape index (κ2) is 16.6. The lowest BCUT2D eigenvalue weighted by Gasteiger charge is -2.45. The van der Waals surface area contributed by atoms with E-state index in [2.05, 4.69) is 276 Å². The molecule has 1 aliphatic carbocycles. The third-order valence-corrected chi connectivity index (χ3v) is 14.4. The van der Waals surface area contributed by atoms with Crippen molar-refractivity contribution < 1.29 is 0 Å². The van der Waals surface area contributed by atoms with Crippen molar-refractivity contribution in [3.8, 4) is 44.5 Å². The highest BCUT2D eigenvalue weighted by Gasteiger charge is 2.51. The first-order chi connectivity index (χ1) is 33.7. The molecule has 1 fully saturated rings. The molecule has 10 aromatic carbocycles. The summed E-state index contributed by atoms with van der Waals surface area (Å²) in [6.45, 7) is 0. The monoisotopic (exact) mass is 872 g/mol. The van der Waals surface area contributed by atoms with E-state index in [-0.39, 0.29) is 18.5 Å². The number of fused-ring (bicyclic) bond motifs is 9. The number of rotatable bonds is 7. The Morgan fingerprint density at radius 1 is 0.279 bits per heavy atom. The van der Waals surface area contributed by atoms with Crippen molar-refractivity contribution in [1.82, 2.24) is 16.0 Å². The molecule has 4 heteroatoms. The maximum atomic E-state index is 3.88. The van der Waals surface area contributed by atoms with E-state index in [4.69, 9.17) is 0 Å². The third-order valence-electron chi connectivity index (χ3n) is 14.4. The summed E-state index contributed by atoms with van der Waals surface area (Å²) >= 11 is 0. The summed E-state index contributed by atoms with van der Waals surface area (Å²) in [6.07, 6.45) is -0.196. The van der Waals surface area contributed by atoms with E-state index >= 15 is 0 Å². The molecule has 0 aromatic heterocycles. The Kier molecular flexibility index (Phi) is 9.83. The molecule has 3 aliphatic rings. The predicted octanol–water partition coefficient (Wildman–Crippen LogP) is 15.0. The Hall–Kier alpha value is -8.12. The van der Waals surface area contributed by atoms with Gasteiger partial charge in [0.05, 0.1) is 35.3 Å². The fraction of sp³-hybridized carbons (Fsp3) is 0.0625. The Morgan fingerprint density at radius 3 is 1.28 bits per heavy atom. The largest absolute Gasteiger partial charge is 0.310 e. The van der Waals surface area contributed by atoms with E-state index in [1.165, 1.54) is 94.8 Å². The van der Waals surface area contributed by atoms with Crippen LogP contribution in [0.1, 0.15) is 57.4 Å². The summed E-state index contributed by atoms with van der Waals surface area (Å²) in [6, 6.07) is 93.3. The molecule has 1 spiro atoms. The molecular weight excluding hydrogens is 825 g/mol. The summed E-state index contributed by atoms with van der Waals surface area (Å²) in [4.78, 5) is 2.44. The summed E-state index contributed by atoms with van der Waals surface area (Å²) in [5, 5.41) is 11.6. The molecule has 324 valence electrons. The van der Waals surface area contributed by atoms with E-state index in [9.17, 15) is 0 Å². The van der Waals surface area contributed by atoms with Gasteiger partial charge >= 0.3 is 0 Å². The summed E-state index contributed by atoms with van der Waals surface area (Å²) in [5.41, 5.74) is 21.6. The van der Waals surface area contributed by atoms with Crippen LogP contribution in [0.3, 0.4) is 0 Å². The zero-order valence-corrected chi connectivity index (χ0v) is 37.4. The lowest BCUT2D eigenvalue weighted by atomic mass is 9.64. The maximum Gasteiger partial charge on any atom is 0.0864 e. The molecule has 2 heterocycles. The zero-order chi connectivity index (χ0) is 45.0. The van der Waals surface area contributed by atoms with Crippen molar-refractivity contribution in [2.75, 3.05) is 4.90 Å². The number of nitrogens with zero attached hydrogens (tertiary/aromatic N) is 1. The SMILES string of the molecule is c1ccc(-c2ccc(C3NC(c4ccccc4)NC(c4ccc(-c5cccc(-c6ccc7c(c6)C6(c8ccccc8-7)c7ccccc7N(c7ccccc7)c7ccccc76)c5)cc4)N3)cc2)cc1. The molecule has 0 bridgehead atoms. The van der Waals surface area contributed by atoms with Crippen LogP contribution in [0.4, 0.5) is 17.1 Å². The van der Waals surface area contributed by atoms with Crippen molar-refractivity contribution in [2.24, 2.45) is 0 Å². The molecule has 4 nitrogen and oxygen atoms in total. The Labute approximate surface area is 398 Å². The topological polar surface area (TPSA) is 39.3 Å². The van der Waals surface area contributed by atoms with Crippen molar-refractivity contribution in [1.29, 1.82) is 0 Å². The second-order valence-electron chi connectivity index (χ2n) is 18.2. The van der Waals surface area contributed by atoms with Crippen LogP contribution in [0.2, 0.25) is 0 Å². The van der Waals surface area contributed by atoms with Gasteiger partial charge in [0.25, 0.3) is 0 Å². The Morgan fingerprint density at radius 2 is 0.676 bits per heavy atom. The molecule has 10 aromatic rings. The fourth-order valence-corrected chi connectivity index (χ4v) is 11.3. The molecular formula is C64H48N4. The van der Waals surface area contributed by atoms with E-state index in [0.29, 0.717) is 0 Å². The van der Waals surface area contributed by atoms with Gasteiger partial charge in [0, 0.05) is 5.69 Å². The minimum Gasteiger partial charge on any atom is -0.310 e. The summed E-state index contributed by atoms with van der Waals surface area (Å²) in [5.74, 6) is 0. The first-order valence-electron chi connectivity index (χ1n) is 23.7. The first-order valence-corrected chi connectivity index (χ1v) is 23.7. The average molecular weight is 873 g/mol. The fourth-order valence-electron chi connectivity index (χ4n) is 11.3. The molecule has 3 atom stereocenters. The van der Waals surface area contributed by atoms with Crippen LogP contribution < -0.4 is 20.9 Å². The summed E-state index contributed by atoms with van der Waals surface area (Å²) < 4.78 is 0. The maximum absolute atomic E-state index is 3.88. The van der Waals surface area contributed by atoms with Gasteiger partial charge in [-0.25, -0.2) is 0 Å². The zero-order valence-electron chi connectivity index (χ0n) is 37.4. The van der Waals surface area contributed by atoms with Gasteiger partial charge in [-0.1, -0.05) is 218 Å². The Bertz CT molecular complexity index is 3390. The number of anilines is 3. The highest BCUT2D eigenvalue weighted by atomic mass is 15.4. The van der Waals surface area contributed by atoms with Crippen molar-refractivity contribution in [2.45, 2.75) is 23.9 Å². The first kappa shape index (κ1) is 40.2. The van der Waals surface area contributed by atoms with Crippen LogP contribution >= 0.6 is 0 Å². The molecule has 0 radical (unpaired) electrons. The van der Waals surface area contributed by atoms with Crippen LogP contribution in [0.25, 0.3) is 44.5 Å². The minimum atomic E-state index is -0.505. The van der Waals surface area contributed by atoms with Gasteiger partial charge in [-0.15, -0.1) is 0 Å². The van der Waals surface area contributed by atoms with Gasteiger partial charge in [-0.2, -0.15) is 0 Å². The van der Waals surface area contributed by atoms with Crippen molar-refractivity contribution in [3.05, 3.63) is 294 Å². The smallest absolute Gasteiger partial charge is 0.0864 e. The third kappa shape index (κ3) is 6.64. The molecule has 2 aliphatic heterocycles. The number of hydrogen-bond acceptors (Lipinski definition) is 4. The van der Waals surface area contributed by atoms with Crippen LogP contribution in [-0.2, 0) is 5.41 Å². The van der Waals surface area contributed by atoms with Crippen molar-refractivity contribution in [3.63, 3.8) is 0 Å². The molecule has 3 unspecified atom stereocenters. The second-order valence-corrected chi connectivity index (χ2v) is 18.2. The highest BCUT2D eigenvalue weighted by molar-refractivity contribution is 5.96. The van der Waals surface area contributed by atoms with E-state index in [1.807, 2.05) is 0 Å². The minimum absolute atomic E-state index is 0.0461. The van der Waals surface area contributed by atoms with Crippen molar-refractivity contribution >= 4 is 17.1 Å². The Balaban J connectivity index is 0.846. The van der Waals surface area contributed by atoms with Crippen LogP contribution in [0, 0.1) is 0 Å². The van der Waals surface area contributed by atoms with Gasteiger partial charge in [-0.05, 0) is 120 Å². The molecule has 1 saturated heterocycles. The van der Waals surface area contributed by atoms with Gasteiger partial charge in [-0.3, -0.25) is 16.0 Å². The predicted molar refractivity (Wildman–Crippen MR) is 279 cm³/mol. The number of hydrogen-bond donors (Lipinski definition) is 3. The lowest BCUT2D eigenvalue weighted by Crippen LogP contribution is -2.54. The standard InChI is InChI=1S/C64H48N4/c1-4-17-43(18-5-1)44-31-35-47(36-32-44)62-65-61(46-19-6-2-7-20-46)66-63(67-62)48-37-33-45(34-38-48)49-21-16-22-50(41-49)51-39-40-54-53-25-10-11-26-55(53)64(58(54)42-51)56-27-12-14-29-59(56)68(52-23-8-3-9-24-52)60-30-15-13-28-57(60)64/h1-42,61-63,65-67H.